The van der Waals surface area contributed by atoms with Crippen molar-refractivity contribution in [2.45, 2.75) is 33.3 Å². The van der Waals surface area contributed by atoms with Crippen molar-refractivity contribution in [2.75, 3.05) is 18.5 Å². The van der Waals surface area contributed by atoms with Gasteiger partial charge in [0.25, 0.3) is 5.91 Å². The number of carbonyl (C=O) groups is 1. The van der Waals surface area contributed by atoms with E-state index in [1.165, 1.54) is 12.1 Å². The number of amides is 1. The van der Waals surface area contributed by atoms with Crippen LogP contribution in [0.2, 0.25) is 0 Å². The van der Waals surface area contributed by atoms with E-state index in [0.29, 0.717) is 36.8 Å². The van der Waals surface area contributed by atoms with Gasteiger partial charge in [0.05, 0.1) is 13.2 Å². The van der Waals surface area contributed by atoms with Gasteiger partial charge in [0.2, 0.25) is 0 Å². The van der Waals surface area contributed by atoms with Crippen LogP contribution in [0, 0.1) is 5.82 Å². The number of hydrogen-bond donors (Lipinski definition) is 1. The van der Waals surface area contributed by atoms with E-state index in [9.17, 15) is 9.18 Å². The lowest BCUT2D eigenvalue weighted by Crippen LogP contribution is -2.13. The highest BCUT2D eigenvalue weighted by molar-refractivity contribution is 6.04. The van der Waals surface area contributed by atoms with E-state index >= 15 is 0 Å². The fraction of sp³-hybridized carbons (Fsp3) is 0.350. The van der Waals surface area contributed by atoms with Gasteiger partial charge in [-0.1, -0.05) is 19.4 Å². The van der Waals surface area contributed by atoms with Gasteiger partial charge in [0, 0.05) is 23.4 Å². The summed E-state index contributed by atoms with van der Waals surface area (Å²) in [5.41, 5.74) is 1.71. The zero-order valence-electron chi connectivity index (χ0n) is 14.7. The van der Waals surface area contributed by atoms with Crippen LogP contribution in [-0.2, 0) is 11.3 Å². The summed E-state index contributed by atoms with van der Waals surface area (Å²) >= 11 is 0. The first-order valence-corrected chi connectivity index (χ1v) is 8.54. The maximum absolute atomic E-state index is 13.2. The Hall–Kier alpha value is -2.40. The van der Waals surface area contributed by atoms with Crippen LogP contribution in [0.3, 0.4) is 0 Å². The van der Waals surface area contributed by atoms with Crippen molar-refractivity contribution in [3.05, 3.63) is 59.4 Å². The summed E-state index contributed by atoms with van der Waals surface area (Å²) in [6, 6.07) is 11.0. The standard InChI is InChI=1S/C20H24FNO3/c1-3-5-11-24-14-16-12-15(9-10-19(16)25-4-2)20(23)22-18-8-6-7-17(21)13-18/h6-10,12-13H,3-5,11,14H2,1-2H3,(H,22,23). The topological polar surface area (TPSA) is 47.6 Å². The summed E-state index contributed by atoms with van der Waals surface area (Å²) in [5, 5.41) is 2.69. The largest absolute Gasteiger partial charge is 0.494 e. The molecular formula is C20H24FNO3. The summed E-state index contributed by atoms with van der Waals surface area (Å²) in [5.74, 6) is 0.0132. The number of benzene rings is 2. The zero-order valence-corrected chi connectivity index (χ0v) is 14.7. The second-order valence-corrected chi connectivity index (χ2v) is 5.63. The molecule has 0 aliphatic rings. The molecule has 134 valence electrons. The summed E-state index contributed by atoms with van der Waals surface area (Å²) in [7, 11) is 0. The maximum atomic E-state index is 13.2. The minimum atomic E-state index is -0.394. The molecule has 0 aliphatic heterocycles. The number of unbranched alkanes of at least 4 members (excludes halogenated alkanes) is 1. The smallest absolute Gasteiger partial charge is 0.255 e. The molecule has 0 spiro atoms. The average molecular weight is 345 g/mol. The van der Waals surface area contributed by atoms with Crippen molar-refractivity contribution in [2.24, 2.45) is 0 Å². The molecular weight excluding hydrogens is 321 g/mol. The highest BCUT2D eigenvalue weighted by Gasteiger charge is 2.11. The van der Waals surface area contributed by atoms with Gasteiger partial charge >= 0.3 is 0 Å². The average Bonchev–Trinajstić information content (AvgIpc) is 2.60. The van der Waals surface area contributed by atoms with Gasteiger partial charge in [-0.3, -0.25) is 4.79 Å². The van der Waals surface area contributed by atoms with Crippen molar-refractivity contribution in [1.82, 2.24) is 0 Å². The van der Waals surface area contributed by atoms with E-state index in [2.05, 4.69) is 12.2 Å². The van der Waals surface area contributed by atoms with Crippen LogP contribution < -0.4 is 10.1 Å². The maximum Gasteiger partial charge on any atom is 0.255 e. The summed E-state index contributed by atoms with van der Waals surface area (Å²) in [4.78, 5) is 12.4. The molecule has 4 nitrogen and oxygen atoms in total. The molecule has 2 aromatic carbocycles. The molecule has 0 aromatic heterocycles. The molecule has 2 aromatic rings. The van der Waals surface area contributed by atoms with E-state index in [1.807, 2.05) is 6.92 Å². The van der Waals surface area contributed by atoms with Gasteiger partial charge in [-0.25, -0.2) is 4.39 Å². The Balaban J connectivity index is 2.12. The number of carbonyl (C=O) groups excluding carboxylic acids is 1. The third-order valence-corrected chi connectivity index (χ3v) is 3.60. The Labute approximate surface area is 148 Å². The molecule has 0 radical (unpaired) electrons. The van der Waals surface area contributed by atoms with Crippen molar-refractivity contribution >= 4 is 11.6 Å². The lowest BCUT2D eigenvalue weighted by atomic mass is 10.1. The van der Waals surface area contributed by atoms with Crippen LogP contribution in [0.1, 0.15) is 42.6 Å². The van der Waals surface area contributed by atoms with E-state index in [0.717, 1.165) is 18.4 Å². The summed E-state index contributed by atoms with van der Waals surface area (Å²) < 4.78 is 24.5. The lowest BCUT2D eigenvalue weighted by molar-refractivity contribution is 0.102. The molecule has 0 saturated heterocycles. The third-order valence-electron chi connectivity index (χ3n) is 3.60. The Morgan fingerprint density at radius 1 is 1.16 bits per heavy atom. The van der Waals surface area contributed by atoms with Gasteiger partial charge < -0.3 is 14.8 Å². The second kappa shape index (κ2) is 9.79. The third kappa shape index (κ3) is 5.87. The molecule has 0 fully saturated rings. The van der Waals surface area contributed by atoms with Crippen molar-refractivity contribution in [3.8, 4) is 5.75 Å². The van der Waals surface area contributed by atoms with E-state index in [1.54, 1.807) is 30.3 Å². The molecule has 0 aliphatic carbocycles. The number of halogens is 1. The van der Waals surface area contributed by atoms with Crippen LogP contribution in [-0.4, -0.2) is 19.1 Å². The molecule has 5 heteroatoms. The molecule has 25 heavy (non-hydrogen) atoms. The monoisotopic (exact) mass is 345 g/mol. The first-order valence-electron chi connectivity index (χ1n) is 8.54. The first kappa shape index (κ1) is 18.9. The van der Waals surface area contributed by atoms with Crippen LogP contribution in [0.5, 0.6) is 5.75 Å². The molecule has 0 unspecified atom stereocenters. The van der Waals surface area contributed by atoms with Crippen molar-refractivity contribution in [1.29, 1.82) is 0 Å². The molecule has 1 amide bonds. The first-order chi connectivity index (χ1) is 12.1. The fourth-order valence-corrected chi connectivity index (χ4v) is 2.33. The summed E-state index contributed by atoms with van der Waals surface area (Å²) in [6.45, 7) is 5.60. The van der Waals surface area contributed by atoms with Gasteiger partial charge in [-0.15, -0.1) is 0 Å². The van der Waals surface area contributed by atoms with Gasteiger partial charge in [-0.2, -0.15) is 0 Å². The van der Waals surface area contributed by atoms with Crippen molar-refractivity contribution in [3.63, 3.8) is 0 Å². The van der Waals surface area contributed by atoms with E-state index in [-0.39, 0.29) is 5.91 Å². The molecule has 0 bridgehead atoms. The predicted molar refractivity (Wildman–Crippen MR) is 96.5 cm³/mol. The molecule has 1 N–H and O–H groups in total. The number of rotatable bonds is 9. The number of nitrogens with one attached hydrogen (secondary N) is 1. The second-order valence-electron chi connectivity index (χ2n) is 5.63. The minimum absolute atomic E-state index is 0.302. The van der Waals surface area contributed by atoms with Crippen LogP contribution >= 0.6 is 0 Å². The van der Waals surface area contributed by atoms with Crippen LogP contribution in [0.15, 0.2) is 42.5 Å². The predicted octanol–water partition coefficient (Wildman–Crippen LogP) is 4.79. The molecule has 0 atom stereocenters. The Kier molecular flexibility index (Phi) is 7.41. The van der Waals surface area contributed by atoms with Gasteiger partial charge in [0.15, 0.2) is 0 Å². The van der Waals surface area contributed by atoms with E-state index in [4.69, 9.17) is 9.47 Å². The molecule has 0 saturated carbocycles. The number of anilines is 1. The summed E-state index contributed by atoms with van der Waals surface area (Å²) in [6.07, 6.45) is 2.05. The van der Waals surface area contributed by atoms with Crippen LogP contribution in [0.25, 0.3) is 0 Å². The Bertz CT molecular complexity index is 703. The highest BCUT2D eigenvalue weighted by Crippen LogP contribution is 2.22. The van der Waals surface area contributed by atoms with Gasteiger partial charge in [-0.05, 0) is 49.7 Å². The number of hydrogen-bond acceptors (Lipinski definition) is 3. The SMILES string of the molecule is CCCCOCc1cc(C(=O)Nc2cccc(F)c2)ccc1OCC. The highest BCUT2D eigenvalue weighted by atomic mass is 19.1. The molecule has 0 heterocycles. The Morgan fingerprint density at radius 2 is 2.00 bits per heavy atom. The Morgan fingerprint density at radius 3 is 2.72 bits per heavy atom. The van der Waals surface area contributed by atoms with E-state index < -0.39 is 5.82 Å². The number of ether oxygens (including phenoxy) is 2. The normalized spacial score (nSPS) is 10.5. The fourth-order valence-electron chi connectivity index (χ4n) is 2.33. The van der Waals surface area contributed by atoms with Crippen molar-refractivity contribution < 1.29 is 18.7 Å². The zero-order chi connectivity index (χ0) is 18.1. The van der Waals surface area contributed by atoms with Gasteiger partial charge in [0.1, 0.15) is 11.6 Å². The minimum Gasteiger partial charge on any atom is -0.494 e. The van der Waals surface area contributed by atoms with Crippen LogP contribution in [0.4, 0.5) is 10.1 Å². The lowest BCUT2D eigenvalue weighted by Gasteiger charge is -2.13. The molecule has 2 rings (SSSR count). The quantitative estimate of drug-likeness (QED) is 0.665.